The number of hydrogen-bond acceptors (Lipinski definition) is 7. The summed E-state index contributed by atoms with van der Waals surface area (Å²) in [6.07, 6.45) is 0. The number of aromatic carboxylic acids is 1. The van der Waals surface area contributed by atoms with Crippen molar-refractivity contribution in [1.82, 2.24) is 9.13 Å². The number of nitro benzene ring substituents is 2. The van der Waals surface area contributed by atoms with Gasteiger partial charge < -0.3 is 19.0 Å². The number of fused-ring (bicyclic) bond motifs is 2. The van der Waals surface area contributed by atoms with Crippen LogP contribution >= 0.6 is 0 Å². The summed E-state index contributed by atoms with van der Waals surface area (Å²) in [6, 6.07) is 31.3. The molecule has 0 bridgehead atoms. The Bertz CT molecular complexity index is 2150. The lowest BCUT2D eigenvalue weighted by Crippen LogP contribution is -2.25. The smallest absolute Gasteiger partial charge is 0.355 e. The molecule has 0 radical (unpaired) electrons. The van der Waals surface area contributed by atoms with Gasteiger partial charge in [0.2, 0.25) is 0 Å². The number of carboxylic acids is 1. The number of aromatic nitrogens is 2. The van der Waals surface area contributed by atoms with Crippen LogP contribution in [-0.4, -0.2) is 41.6 Å². The number of rotatable bonds is 8. The van der Waals surface area contributed by atoms with Crippen molar-refractivity contribution in [2.75, 3.05) is 0 Å². The molecule has 244 valence electrons. The van der Waals surface area contributed by atoms with E-state index in [1.54, 1.807) is 43.5 Å². The molecule has 0 saturated heterocycles. The van der Waals surface area contributed by atoms with Gasteiger partial charge in [-0.2, -0.15) is 0 Å². The molecule has 0 aliphatic rings. The normalized spacial score (nSPS) is 11.1. The first-order valence-electron chi connectivity index (χ1n) is 14.9. The summed E-state index contributed by atoms with van der Waals surface area (Å²) in [6.45, 7) is 6.28. The van der Waals surface area contributed by atoms with Crippen molar-refractivity contribution < 1.29 is 29.3 Å². The second-order valence-electron chi connectivity index (χ2n) is 12.0. The predicted molar refractivity (Wildman–Crippen MR) is 180 cm³/mol. The number of benzene rings is 4. The highest BCUT2D eigenvalue weighted by Crippen LogP contribution is 2.28. The van der Waals surface area contributed by atoms with Crippen LogP contribution in [0.3, 0.4) is 0 Å². The summed E-state index contributed by atoms with van der Waals surface area (Å²) >= 11 is 0. The van der Waals surface area contributed by atoms with E-state index in [-0.39, 0.29) is 17.1 Å². The molecular weight excluding hydrogens is 616 g/mol. The minimum absolute atomic E-state index is 0.00917. The number of nitro groups is 2. The van der Waals surface area contributed by atoms with E-state index >= 15 is 0 Å². The second kappa shape index (κ2) is 13.6. The molecule has 12 nitrogen and oxygen atoms in total. The Hall–Kier alpha value is -6.30. The molecule has 12 heteroatoms. The third-order valence-corrected chi connectivity index (χ3v) is 7.39. The van der Waals surface area contributed by atoms with Crippen LogP contribution in [0.5, 0.6) is 0 Å². The number of carboxylic acid groups (broad SMARTS) is 1. The van der Waals surface area contributed by atoms with Crippen molar-refractivity contribution in [2.45, 2.75) is 39.5 Å². The zero-order chi connectivity index (χ0) is 34.6. The van der Waals surface area contributed by atoms with Crippen LogP contribution < -0.4 is 0 Å². The zero-order valence-corrected chi connectivity index (χ0v) is 26.4. The highest BCUT2D eigenvalue weighted by Gasteiger charge is 2.24. The van der Waals surface area contributed by atoms with Crippen molar-refractivity contribution in [1.29, 1.82) is 0 Å². The predicted octanol–water partition coefficient (Wildman–Crippen LogP) is 7.85. The van der Waals surface area contributed by atoms with Gasteiger partial charge in [0.25, 0.3) is 11.4 Å². The summed E-state index contributed by atoms with van der Waals surface area (Å²) in [5.74, 6) is -1.51. The van der Waals surface area contributed by atoms with Crippen molar-refractivity contribution in [3.8, 4) is 0 Å². The van der Waals surface area contributed by atoms with Gasteiger partial charge >= 0.3 is 11.9 Å². The van der Waals surface area contributed by atoms with Crippen LogP contribution in [0.25, 0.3) is 21.8 Å². The molecule has 2 heterocycles. The van der Waals surface area contributed by atoms with Gasteiger partial charge in [-0.15, -0.1) is 0 Å². The van der Waals surface area contributed by atoms with Gasteiger partial charge in [-0.3, -0.25) is 20.2 Å². The third-order valence-electron chi connectivity index (χ3n) is 7.39. The fourth-order valence-corrected chi connectivity index (χ4v) is 5.29. The van der Waals surface area contributed by atoms with Crippen LogP contribution in [-0.2, 0) is 17.8 Å². The van der Waals surface area contributed by atoms with Gasteiger partial charge in [0.1, 0.15) is 17.0 Å². The minimum Gasteiger partial charge on any atom is -0.477 e. The molecule has 0 saturated carbocycles. The van der Waals surface area contributed by atoms with Crippen LogP contribution in [0.1, 0.15) is 52.9 Å². The van der Waals surface area contributed by atoms with Crippen molar-refractivity contribution >= 4 is 45.1 Å². The summed E-state index contributed by atoms with van der Waals surface area (Å²) in [7, 11) is 0. The van der Waals surface area contributed by atoms with Crippen molar-refractivity contribution in [2.24, 2.45) is 0 Å². The summed E-state index contributed by atoms with van der Waals surface area (Å²) in [4.78, 5) is 45.1. The van der Waals surface area contributed by atoms with Crippen LogP contribution in [0, 0.1) is 20.2 Å². The Kier molecular flexibility index (Phi) is 9.37. The van der Waals surface area contributed by atoms with Crippen molar-refractivity contribution in [3.63, 3.8) is 0 Å². The number of nitrogens with zero attached hydrogens (tertiary/aromatic N) is 4. The van der Waals surface area contributed by atoms with E-state index in [4.69, 9.17) is 4.74 Å². The largest absolute Gasteiger partial charge is 0.477 e. The number of non-ortho nitro benzene ring substituents is 2. The maximum Gasteiger partial charge on any atom is 0.355 e. The molecule has 0 unspecified atom stereocenters. The van der Waals surface area contributed by atoms with E-state index in [0.29, 0.717) is 35.1 Å². The van der Waals surface area contributed by atoms with Gasteiger partial charge in [-0.25, -0.2) is 9.59 Å². The molecule has 0 aliphatic heterocycles. The Morgan fingerprint density at radius 1 is 0.667 bits per heavy atom. The standard InChI is InChI=1S/C20H20N2O4.C16H12N2O4/c1-20(2,3)26-19(23)18-12-15-11-16(22(24)25)9-10-17(15)21(18)13-14-7-5-4-6-8-14;19-16(20)15-9-12-8-13(18(21)22)6-7-14(12)17(15)10-11-4-2-1-3-5-11/h4-12H,13H2,1-3H3;1-9H,10H2,(H,19,20). The first kappa shape index (κ1) is 33.1. The van der Waals surface area contributed by atoms with Gasteiger partial charge in [0.15, 0.2) is 0 Å². The number of hydrogen-bond donors (Lipinski definition) is 1. The maximum absolute atomic E-state index is 12.7. The van der Waals surface area contributed by atoms with E-state index in [1.807, 2.05) is 65.2 Å². The second-order valence-corrected chi connectivity index (χ2v) is 12.0. The van der Waals surface area contributed by atoms with E-state index in [9.17, 15) is 34.9 Å². The first-order valence-corrected chi connectivity index (χ1v) is 14.9. The molecule has 0 fully saturated rings. The molecule has 2 aromatic heterocycles. The Balaban J connectivity index is 0.000000190. The molecular formula is C36H32N4O8. The van der Waals surface area contributed by atoms with Crippen LogP contribution in [0.4, 0.5) is 11.4 Å². The third kappa shape index (κ3) is 7.56. The highest BCUT2D eigenvalue weighted by molar-refractivity contribution is 5.97. The lowest BCUT2D eigenvalue weighted by Gasteiger charge is -2.20. The average Bonchev–Trinajstić information content (AvgIpc) is 3.59. The summed E-state index contributed by atoms with van der Waals surface area (Å²) in [5.41, 5.74) is 3.18. The molecule has 6 rings (SSSR count). The molecule has 4 aromatic carbocycles. The van der Waals surface area contributed by atoms with E-state index < -0.39 is 27.4 Å². The lowest BCUT2D eigenvalue weighted by atomic mass is 10.2. The highest BCUT2D eigenvalue weighted by atomic mass is 16.6. The average molecular weight is 649 g/mol. The number of carbonyl (C=O) groups is 2. The van der Waals surface area contributed by atoms with E-state index in [0.717, 1.165) is 16.6 Å². The first-order chi connectivity index (χ1) is 22.8. The monoisotopic (exact) mass is 648 g/mol. The van der Waals surface area contributed by atoms with Gasteiger partial charge in [-0.1, -0.05) is 60.7 Å². The molecule has 0 atom stereocenters. The molecule has 0 spiro atoms. The molecule has 0 aliphatic carbocycles. The Morgan fingerprint density at radius 3 is 1.48 bits per heavy atom. The topological polar surface area (TPSA) is 160 Å². The van der Waals surface area contributed by atoms with Crippen LogP contribution in [0.15, 0.2) is 109 Å². The van der Waals surface area contributed by atoms with Crippen molar-refractivity contribution in [3.05, 3.63) is 152 Å². The Labute approximate surface area is 274 Å². The van der Waals surface area contributed by atoms with E-state index in [2.05, 4.69) is 0 Å². The SMILES string of the molecule is CC(C)(C)OC(=O)c1cc2cc([N+](=O)[O-])ccc2n1Cc1ccccc1.O=C(O)c1cc2cc([N+](=O)[O-])ccc2n1Cc1ccccc1. The zero-order valence-electron chi connectivity index (χ0n) is 26.4. The maximum atomic E-state index is 12.7. The van der Waals surface area contributed by atoms with Gasteiger partial charge in [0, 0.05) is 59.2 Å². The number of esters is 1. The minimum atomic E-state index is -1.06. The summed E-state index contributed by atoms with van der Waals surface area (Å²) < 4.78 is 9.00. The van der Waals surface area contributed by atoms with Gasteiger partial charge in [0.05, 0.1) is 9.85 Å². The lowest BCUT2D eigenvalue weighted by molar-refractivity contribution is -0.384. The fourth-order valence-electron chi connectivity index (χ4n) is 5.29. The molecule has 48 heavy (non-hydrogen) atoms. The summed E-state index contributed by atoms with van der Waals surface area (Å²) in [5, 5.41) is 32.4. The Morgan fingerprint density at radius 2 is 1.08 bits per heavy atom. The number of ether oxygens (including phenoxy) is 1. The van der Waals surface area contributed by atoms with Gasteiger partial charge in [-0.05, 0) is 56.2 Å². The fraction of sp³-hybridized carbons (Fsp3) is 0.167. The molecule has 6 aromatic rings. The number of carbonyl (C=O) groups excluding carboxylic acids is 1. The quantitative estimate of drug-likeness (QED) is 0.0992. The molecule has 0 amide bonds. The van der Waals surface area contributed by atoms with E-state index in [1.165, 1.54) is 30.3 Å². The molecule has 1 N–H and O–H groups in total. The van der Waals surface area contributed by atoms with Crippen LogP contribution in [0.2, 0.25) is 0 Å².